The van der Waals surface area contributed by atoms with E-state index in [9.17, 15) is 10.4 Å². The molecule has 2 N–H and O–H groups in total. The fraction of sp³-hybridized carbons (Fsp3) is 0.600. The number of hydroxylamine groups is 4. The molecule has 0 fully saturated rings. The SMILES string of the molecule is [O]N1CCCC2=C1NC1=C(CCCN1[O])N2. The smallest absolute Gasteiger partial charge is 0.154 e. The summed E-state index contributed by atoms with van der Waals surface area (Å²) >= 11 is 0. The Morgan fingerprint density at radius 2 is 1.31 bits per heavy atom. The molecular weight excluding hydrogens is 208 g/mol. The predicted molar refractivity (Wildman–Crippen MR) is 53.6 cm³/mol. The third-order valence-corrected chi connectivity index (χ3v) is 3.19. The Morgan fingerprint density at radius 3 is 1.81 bits per heavy atom. The Balaban J connectivity index is 1.90. The first-order chi connectivity index (χ1) is 7.75. The van der Waals surface area contributed by atoms with Gasteiger partial charge in [-0.2, -0.15) is 0 Å². The lowest BCUT2D eigenvalue weighted by Crippen LogP contribution is -2.46. The van der Waals surface area contributed by atoms with Crippen molar-refractivity contribution in [3.05, 3.63) is 23.0 Å². The minimum atomic E-state index is 0.495. The first kappa shape index (κ1) is 9.80. The van der Waals surface area contributed by atoms with E-state index in [1.807, 2.05) is 0 Å². The van der Waals surface area contributed by atoms with Crippen molar-refractivity contribution in [1.82, 2.24) is 20.8 Å². The van der Waals surface area contributed by atoms with Gasteiger partial charge in [-0.25, -0.2) is 10.1 Å². The quantitative estimate of drug-likeness (QED) is 0.622. The maximum Gasteiger partial charge on any atom is 0.154 e. The maximum absolute atomic E-state index is 11.6. The highest BCUT2D eigenvalue weighted by Crippen LogP contribution is 2.28. The second kappa shape index (κ2) is 3.57. The highest BCUT2D eigenvalue weighted by atomic mass is 16.5. The van der Waals surface area contributed by atoms with E-state index in [-0.39, 0.29) is 0 Å². The van der Waals surface area contributed by atoms with Crippen molar-refractivity contribution in [2.75, 3.05) is 13.1 Å². The normalized spacial score (nSPS) is 24.9. The summed E-state index contributed by atoms with van der Waals surface area (Å²) in [5, 5.41) is 31.3. The van der Waals surface area contributed by atoms with Crippen molar-refractivity contribution in [2.45, 2.75) is 25.7 Å². The van der Waals surface area contributed by atoms with Gasteiger partial charge >= 0.3 is 0 Å². The zero-order valence-corrected chi connectivity index (χ0v) is 8.95. The first-order valence-electron chi connectivity index (χ1n) is 5.65. The summed E-state index contributed by atoms with van der Waals surface area (Å²) in [4.78, 5) is 0. The molecule has 0 bridgehead atoms. The molecule has 0 atom stereocenters. The topological polar surface area (TPSA) is 70.3 Å². The Labute approximate surface area is 93.7 Å². The summed E-state index contributed by atoms with van der Waals surface area (Å²) in [5.41, 5.74) is 1.85. The molecule has 6 nitrogen and oxygen atoms in total. The molecule has 0 aromatic heterocycles. The molecule has 0 amide bonds. The van der Waals surface area contributed by atoms with Crippen LogP contribution in [-0.2, 0) is 10.4 Å². The zero-order valence-electron chi connectivity index (χ0n) is 8.95. The lowest BCUT2D eigenvalue weighted by atomic mass is 10.1. The Bertz CT molecular complexity index is 343. The van der Waals surface area contributed by atoms with Gasteiger partial charge in [0.2, 0.25) is 0 Å². The molecule has 0 aliphatic carbocycles. The van der Waals surface area contributed by atoms with Crippen molar-refractivity contribution in [1.29, 1.82) is 0 Å². The zero-order chi connectivity index (χ0) is 11.1. The summed E-state index contributed by atoms with van der Waals surface area (Å²) in [5.74, 6) is 1.04. The van der Waals surface area contributed by atoms with Crippen LogP contribution in [0.3, 0.4) is 0 Å². The number of allylic oxidation sites excluding steroid dienone is 2. The number of rotatable bonds is 0. The van der Waals surface area contributed by atoms with E-state index >= 15 is 0 Å². The Morgan fingerprint density at radius 1 is 0.812 bits per heavy atom. The highest BCUT2D eigenvalue weighted by Gasteiger charge is 2.30. The van der Waals surface area contributed by atoms with Crippen molar-refractivity contribution >= 4 is 0 Å². The molecule has 0 aromatic carbocycles. The monoisotopic (exact) mass is 222 g/mol. The van der Waals surface area contributed by atoms with Crippen LogP contribution >= 0.6 is 0 Å². The van der Waals surface area contributed by atoms with Gasteiger partial charge in [0.1, 0.15) is 0 Å². The van der Waals surface area contributed by atoms with Gasteiger partial charge in [0.05, 0.1) is 24.5 Å². The van der Waals surface area contributed by atoms with E-state index < -0.39 is 0 Å². The molecule has 3 heterocycles. The largest absolute Gasteiger partial charge is 0.356 e. The first-order valence-corrected chi connectivity index (χ1v) is 5.65. The fourth-order valence-corrected chi connectivity index (χ4v) is 2.37. The van der Waals surface area contributed by atoms with E-state index in [0.717, 1.165) is 47.2 Å². The molecule has 16 heavy (non-hydrogen) atoms. The maximum atomic E-state index is 11.6. The van der Waals surface area contributed by atoms with Gasteiger partial charge in [0.15, 0.2) is 11.6 Å². The van der Waals surface area contributed by atoms with E-state index in [1.165, 1.54) is 0 Å². The molecule has 0 unspecified atom stereocenters. The van der Waals surface area contributed by atoms with Gasteiger partial charge in [-0.1, -0.05) is 10.4 Å². The van der Waals surface area contributed by atoms with Gasteiger partial charge in [-0.3, -0.25) is 0 Å². The molecule has 2 radical (unpaired) electrons. The van der Waals surface area contributed by atoms with Gasteiger partial charge in [-0.05, 0) is 25.7 Å². The summed E-state index contributed by atoms with van der Waals surface area (Å²) in [6, 6.07) is 0. The molecule has 86 valence electrons. The van der Waals surface area contributed by atoms with E-state index in [4.69, 9.17) is 0 Å². The van der Waals surface area contributed by atoms with Gasteiger partial charge in [-0.15, -0.1) is 0 Å². The van der Waals surface area contributed by atoms with Crippen LogP contribution in [-0.4, -0.2) is 23.2 Å². The molecule has 0 saturated carbocycles. The van der Waals surface area contributed by atoms with Crippen LogP contribution in [0.15, 0.2) is 23.0 Å². The summed E-state index contributed by atoms with van der Waals surface area (Å²) < 4.78 is 0. The van der Waals surface area contributed by atoms with Crippen LogP contribution < -0.4 is 10.6 Å². The molecule has 0 spiro atoms. The number of hydrogen-bond acceptors (Lipinski definition) is 4. The molecule has 0 aromatic rings. The van der Waals surface area contributed by atoms with Crippen LogP contribution in [0.4, 0.5) is 0 Å². The predicted octanol–water partition coefficient (Wildman–Crippen LogP) is 0.400. The lowest BCUT2D eigenvalue weighted by Gasteiger charge is -2.37. The third kappa shape index (κ3) is 1.42. The van der Waals surface area contributed by atoms with Gasteiger partial charge in [0, 0.05) is 0 Å². The second-order valence-electron chi connectivity index (χ2n) is 4.32. The van der Waals surface area contributed by atoms with Crippen LogP contribution in [0.25, 0.3) is 0 Å². The third-order valence-electron chi connectivity index (χ3n) is 3.19. The van der Waals surface area contributed by atoms with Gasteiger partial charge in [0.25, 0.3) is 0 Å². The molecule has 0 saturated heterocycles. The van der Waals surface area contributed by atoms with Gasteiger partial charge < -0.3 is 10.6 Å². The van der Waals surface area contributed by atoms with Crippen LogP contribution in [0.1, 0.15) is 25.7 Å². The van der Waals surface area contributed by atoms with Crippen molar-refractivity contribution in [2.24, 2.45) is 0 Å². The molecule has 6 heteroatoms. The van der Waals surface area contributed by atoms with Crippen molar-refractivity contribution < 1.29 is 10.4 Å². The van der Waals surface area contributed by atoms with Crippen LogP contribution in [0.5, 0.6) is 0 Å². The minimum Gasteiger partial charge on any atom is -0.356 e. The highest BCUT2D eigenvalue weighted by molar-refractivity contribution is 5.29. The molecular formula is C10H14N4O2. The standard InChI is InChI=1S/C10H14N4O2/c15-13-5-1-3-7-9(13)12-10-8(11-7)4-2-6-14(10)16/h11-12H,1-6H2. The van der Waals surface area contributed by atoms with Crippen molar-refractivity contribution in [3.63, 3.8) is 0 Å². The second-order valence-corrected chi connectivity index (χ2v) is 4.32. The summed E-state index contributed by atoms with van der Waals surface area (Å²) in [6.45, 7) is 0.990. The number of nitrogens with zero attached hydrogens (tertiary/aromatic N) is 2. The molecule has 3 aliphatic heterocycles. The van der Waals surface area contributed by atoms with E-state index in [0.29, 0.717) is 24.7 Å². The Kier molecular flexibility index (Phi) is 2.19. The average molecular weight is 222 g/mol. The summed E-state index contributed by atoms with van der Waals surface area (Å²) in [6.07, 6.45) is 3.47. The van der Waals surface area contributed by atoms with E-state index in [1.54, 1.807) is 0 Å². The van der Waals surface area contributed by atoms with Crippen molar-refractivity contribution in [3.8, 4) is 0 Å². The molecule has 3 aliphatic rings. The average Bonchev–Trinajstić information content (AvgIpc) is 2.28. The van der Waals surface area contributed by atoms with Crippen LogP contribution in [0, 0.1) is 0 Å². The summed E-state index contributed by atoms with van der Waals surface area (Å²) in [7, 11) is 0. The number of nitrogens with one attached hydrogen (secondary N) is 2. The molecule has 3 rings (SSSR count). The fourth-order valence-electron chi connectivity index (χ4n) is 2.37. The number of hydrogen-bond donors (Lipinski definition) is 2. The van der Waals surface area contributed by atoms with Crippen LogP contribution in [0.2, 0.25) is 0 Å². The minimum absolute atomic E-state index is 0.495. The van der Waals surface area contributed by atoms with E-state index in [2.05, 4.69) is 10.6 Å². The Hall–Kier alpha value is -1.40. The lowest BCUT2D eigenvalue weighted by molar-refractivity contribution is -0.155.